The lowest BCUT2D eigenvalue weighted by Crippen LogP contribution is -2.55. The highest BCUT2D eigenvalue weighted by Gasteiger charge is 2.37. The van der Waals surface area contributed by atoms with Crippen LogP contribution in [-0.2, 0) is 9.59 Å². The van der Waals surface area contributed by atoms with Crippen molar-refractivity contribution in [3.63, 3.8) is 0 Å². The second kappa shape index (κ2) is 8.32. The fourth-order valence-corrected chi connectivity index (χ4v) is 2.48. The van der Waals surface area contributed by atoms with Crippen molar-refractivity contribution in [2.75, 3.05) is 13.1 Å². The number of hydrogen-bond acceptors (Lipinski definition) is 8. The van der Waals surface area contributed by atoms with E-state index in [1.54, 1.807) is 29.2 Å². The molecule has 0 radical (unpaired) electrons. The summed E-state index contributed by atoms with van der Waals surface area (Å²) in [6, 6.07) is 11.8. The zero-order valence-electron chi connectivity index (χ0n) is 14.0. The number of hydrogen-bond donors (Lipinski definition) is 3. The molecule has 1 saturated heterocycles. The second-order valence-corrected chi connectivity index (χ2v) is 5.61. The molecule has 8 heteroatoms. The fraction of sp³-hybridized carbons (Fsp3) is 0.222. The van der Waals surface area contributed by atoms with Gasteiger partial charge < -0.3 is 25.8 Å². The van der Waals surface area contributed by atoms with Crippen LogP contribution in [-0.4, -0.2) is 46.2 Å². The van der Waals surface area contributed by atoms with Crippen LogP contribution in [0.2, 0.25) is 0 Å². The normalized spacial score (nSPS) is 16.1. The van der Waals surface area contributed by atoms with Crippen molar-refractivity contribution in [1.29, 1.82) is 0 Å². The number of rotatable bonds is 5. The topological polar surface area (TPSA) is 131 Å². The van der Waals surface area contributed by atoms with E-state index in [0.29, 0.717) is 13.0 Å². The van der Waals surface area contributed by atoms with Gasteiger partial charge in [0.1, 0.15) is 6.04 Å². The van der Waals surface area contributed by atoms with Crippen LogP contribution in [0.15, 0.2) is 48.5 Å². The van der Waals surface area contributed by atoms with Gasteiger partial charge in [-0.2, -0.15) is 0 Å². The summed E-state index contributed by atoms with van der Waals surface area (Å²) in [5.41, 5.74) is 0. The first-order chi connectivity index (χ1) is 12.0. The zero-order valence-corrected chi connectivity index (χ0v) is 14.0. The van der Waals surface area contributed by atoms with Crippen molar-refractivity contribution < 1.29 is 29.3 Å². The Morgan fingerprint density at radius 1 is 0.962 bits per heavy atom. The van der Waals surface area contributed by atoms with Crippen molar-refractivity contribution in [3.05, 3.63) is 48.5 Å². The van der Waals surface area contributed by atoms with E-state index >= 15 is 0 Å². The highest BCUT2D eigenvalue weighted by molar-refractivity contribution is 5.82. The molecule has 3 rings (SSSR count). The number of benzene rings is 2. The van der Waals surface area contributed by atoms with Crippen LogP contribution in [0.25, 0.3) is 0 Å². The van der Waals surface area contributed by atoms with E-state index in [4.69, 9.17) is 9.47 Å². The number of carbonyl (C=O) groups is 2. The van der Waals surface area contributed by atoms with Crippen molar-refractivity contribution in [1.82, 2.24) is 11.1 Å². The molecule has 0 amide bonds. The van der Waals surface area contributed by atoms with Crippen LogP contribution < -0.4 is 15.6 Å². The Kier molecular flexibility index (Phi) is 6.16. The average Bonchev–Trinajstić information content (AvgIpc) is 2.56. The Hall–Kier alpha value is -3.10. The van der Waals surface area contributed by atoms with E-state index in [0.717, 1.165) is 0 Å². The van der Waals surface area contributed by atoms with Crippen molar-refractivity contribution in [2.24, 2.45) is 0 Å². The number of phenolic OH excluding ortho intramolecular Hbond substituents is 2. The minimum atomic E-state index is -0.582. The molecule has 26 heavy (non-hydrogen) atoms. The van der Waals surface area contributed by atoms with E-state index in [9.17, 15) is 19.8 Å². The van der Waals surface area contributed by atoms with Crippen LogP contribution in [0.4, 0.5) is 0 Å². The summed E-state index contributed by atoms with van der Waals surface area (Å²) in [6.45, 7) is 0.450. The summed E-state index contributed by atoms with van der Waals surface area (Å²) >= 11 is 0. The van der Waals surface area contributed by atoms with E-state index in [2.05, 4.69) is 0 Å². The molecule has 1 heterocycles. The van der Waals surface area contributed by atoms with Crippen LogP contribution in [0, 0.1) is 0 Å². The third kappa shape index (κ3) is 4.29. The standard InChI is InChI=1S/C18H17NO6.H3N/c20-13-5-1-3-7-15(13)24-17(22)11-19-10-9-12(19)18(23)25-16-8-4-2-6-14(16)21;/h1-8,12,20-21H,9-11H2;1H3. The molecule has 1 aliphatic heterocycles. The zero-order chi connectivity index (χ0) is 17.8. The molecule has 0 spiro atoms. The molecule has 138 valence electrons. The quantitative estimate of drug-likeness (QED) is 0.544. The molecule has 1 atom stereocenters. The highest BCUT2D eigenvalue weighted by Crippen LogP contribution is 2.28. The average molecular weight is 360 g/mol. The Balaban J connectivity index is 0.00000243. The number of nitrogens with zero attached hydrogens (tertiary/aromatic N) is 1. The smallest absolute Gasteiger partial charge is 0.328 e. The van der Waals surface area contributed by atoms with Gasteiger partial charge in [0.05, 0.1) is 6.54 Å². The molecule has 0 saturated carbocycles. The Morgan fingerprint density at radius 2 is 1.50 bits per heavy atom. The first-order valence-corrected chi connectivity index (χ1v) is 7.77. The second-order valence-electron chi connectivity index (χ2n) is 5.61. The van der Waals surface area contributed by atoms with Crippen molar-refractivity contribution in [2.45, 2.75) is 12.5 Å². The van der Waals surface area contributed by atoms with Gasteiger partial charge in [-0.15, -0.1) is 0 Å². The minimum Gasteiger partial charge on any atom is -0.504 e. The van der Waals surface area contributed by atoms with Gasteiger partial charge in [0, 0.05) is 6.54 Å². The molecular formula is C18H20N2O6. The van der Waals surface area contributed by atoms with E-state index in [-0.39, 0.29) is 35.7 Å². The van der Waals surface area contributed by atoms with E-state index in [1.165, 1.54) is 24.3 Å². The summed E-state index contributed by atoms with van der Waals surface area (Å²) in [5, 5.41) is 19.3. The predicted molar refractivity (Wildman–Crippen MR) is 92.5 cm³/mol. The molecule has 8 nitrogen and oxygen atoms in total. The Bertz CT molecular complexity index is 795. The monoisotopic (exact) mass is 360 g/mol. The van der Waals surface area contributed by atoms with Crippen LogP contribution in [0.1, 0.15) is 6.42 Å². The number of aromatic hydroxyl groups is 2. The third-order valence-corrected chi connectivity index (χ3v) is 3.90. The van der Waals surface area contributed by atoms with Gasteiger partial charge in [0.15, 0.2) is 23.0 Å². The van der Waals surface area contributed by atoms with Crippen LogP contribution in [0.3, 0.4) is 0 Å². The molecule has 1 fully saturated rings. The number of para-hydroxylation sites is 4. The van der Waals surface area contributed by atoms with Gasteiger partial charge in [-0.1, -0.05) is 24.3 Å². The maximum Gasteiger partial charge on any atom is 0.328 e. The lowest BCUT2D eigenvalue weighted by molar-refractivity contribution is -0.148. The molecule has 0 aliphatic carbocycles. The summed E-state index contributed by atoms with van der Waals surface area (Å²) in [6.07, 6.45) is 0.552. The number of likely N-dealkylation sites (tertiary alicyclic amines) is 1. The first kappa shape index (κ1) is 19.2. The first-order valence-electron chi connectivity index (χ1n) is 7.77. The number of phenols is 2. The van der Waals surface area contributed by atoms with Gasteiger partial charge >= 0.3 is 11.9 Å². The van der Waals surface area contributed by atoms with Gasteiger partial charge in [0.25, 0.3) is 0 Å². The van der Waals surface area contributed by atoms with Crippen molar-refractivity contribution >= 4 is 11.9 Å². The third-order valence-electron chi connectivity index (χ3n) is 3.90. The van der Waals surface area contributed by atoms with Crippen LogP contribution in [0.5, 0.6) is 23.0 Å². The van der Waals surface area contributed by atoms with E-state index in [1.807, 2.05) is 0 Å². The van der Waals surface area contributed by atoms with Crippen molar-refractivity contribution in [3.8, 4) is 23.0 Å². The molecule has 0 bridgehead atoms. The van der Waals surface area contributed by atoms with Gasteiger partial charge in [-0.05, 0) is 30.7 Å². The van der Waals surface area contributed by atoms with Crippen LogP contribution >= 0.6 is 0 Å². The fourth-order valence-electron chi connectivity index (χ4n) is 2.48. The van der Waals surface area contributed by atoms with Gasteiger partial charge in [-0.3, -0.25) is 9.69 Å². The highest BCUT2D eigenvalue weighted by atomic mass is 16.5. The lowest BCUT2D eigenvalue weighted by Gasteiger charge is -2.37. The molecule has 5 N–H and O–H groups in total. The molecule has 0 aromatic heterocycles. The number of esters is 2. The summed E-state index contributed by atoms with van der Waals surface area (Å²) in [4.78, 5) is 25.8. The maximum atomic E-state index is 12.2. The van der Waals surface area contributed by atoms with E-state index < -0.39 is 18.0 Å². The largest absolute Gasteiger partial charge is 0.504 e. The SMILES string of the molecule is N.O=C(CN1CCC1C(=O)Oc1ccccc1O)Oc1ccccc1O. The molecule has 1 unspecified atom stereocenters. The molecule has 2 aromatic rings. The Labute approximate surface area is 150 Å². The molecular weight excluding hydrogens is 340 g/mol. The predicted octanol–water partition coefficient (Wildman–Crippen LogP) is 1.85. The lowest BCUT2D eigenvalue weighted by atomic mass is 10.0. The summed E-state index contributed by atoms with van der Waals surface area (Å²) < 4.78 is 10.3. The van der Waals surface area contributed by atoms with Gasteiger partial charge in [0.2, 0.25) is 0 Å². The maximum absolute atomic E-state index is 12.2. The minimum absolute atomic E-state index is 0. The number of ether oxygens (including phenoxy) is 2. The number of carbonyl (C=O) groups excluding carboxylic acids is 2. The summed E-state index contributed by atoms with van der Waals surface area (Å²) in [5.74, 6) is -1.22. The molecule has 1 aliphatic rings. The van der Waals surface area contributed by atoms with Gasteiger partial charge in [-0.25, -0.2) is 4.79 Å². The Morgan fingerprint density at radius 3 is 2.00 bits per heavy atom. The summed E-state index contributed by atoms with van der Waals surface area (Å²) in [7, 11) is 0. The molecule has 2 aromatic carbocycles.